The number of rotatable bonds is 6. The lowest BCUT2D eigenvalue weighted by Gasteiger charge is -2.25. The second kappa shape index (κ2) is 7.91. The Morgan fingerprint density at radius 2 is 1.59 bits per heavy atom. The summed E-state index contributed by atoms with van der Waals surface area (Å²) in [6.07, 6.45) is 1.44. The molecule has 0 unspecified atom stereocenters. The minimum Gasteiger partial charge on any atom is -0.459 e. The van der Waals surface area contributed by atoms with Gasteiger partial charge in [-0.2, -0.15) is 0 Å². The number of hydrogen-bond donors (Lipinski definition) is 2. The average molecular weight is 362 g/mol. The topological polar surface area (TPSA) is 71.3 Å². The van der Waals surface area contributed by atoms with E-state index in [4.69, 9.17) is 4.42 Å². The fraction of sp³-hybridized carbons (Fsp3) is 0.182. The van der Waals surface area contributed by atoms with Crippen LogP contribution < -0.4 is 10.6 Å². The summed E-state index contributed by atoms with van der Waals surface area (Å²) in [5.74, 6) is -0.246. The van der Waals surface area contributed by atoms with E-state index in [0.29, 0.717) is 17.8 Å². The van der Waals surface area contributed by atoms with Gasteiger partial charge in [0.15, 0.2) is 5.76 Å². The molecule has 0 fully saturated rings. The summed E-state index contributed by atoms with van der Waals surface area (Å²) in [5, 5.41) is 5.70. The van der Waals surface area contributed by atoms with Crippen molar-refractivity contribution in [3.8, 4) is 0 Å². The monoisotopic (exact) mass is 362 g/mol. The summed E-state index contributed by atoms with van der Waals surface area (Å²) >= 11 is 0. The molecule has 0 atom stereocenters. The van der Waals surface area contributed by atoms with Gasteiger partial charge in [-0.05, 0) is 42.0 Å². The molecular weight excluding hydrogens is 340 g/mol. The number of amides is 2. The molecular formula is C22H22N2O3. The normalized spacial score (nSPS) is 11.0. The van der Waals surface area contributed by atoms with Gasteiger partial charge >= 0.3 is 0 Å². The van der Waals surface area contributed by atoms with Crippen molar-refractivity contribution >= 4 is 17.5 Å². The quantitative estimate of drug-likeness (QED) is 0.689. The van der Waals surface area contributed by atoms with Gasteiger partial charge in [-0.25, -0.2) is 0 Å². The molecule has 0 aliphatic carbocycles. The summed E-state index contributed by atoms with van der Waals surface area (Å²) < 4.78 is 5.05. The van der Waals surface area contributed by atoms with Gasteiger partial charge in [0.1, 0.15) is 0 Å². The van der Waals surface area contributed by atoms with E-state index in [-0.39, 0.29) is 23.0 Å². The van der Waals surface area contributed by atoms with Crippen molar-refractivity contribution in [2.75, 3.05) is 11.9 Å². The van der Waals surface area contributed by atoms with Crippen LogP contribution in [0.15, 0.2) is 77.4 Å². The molecule has 5 nitrogen and oxygen atoms in total. The molecule has 0 saturated carbocycles. The maximum absolute atomic E-state index is 12.4. The van der Waals surface area contributed by atoms with Gasteiger partial charge < -0.3 is 15.1 Å². The highest BCUT2D eigenvalue weighted by Gasteiger charge is 2.21. The Morgan fingerprint density at radius 1 is 0.889 bits per heavy atom. The van der Waals surface area contributed by atoms with Crippen LogP contribution in [0.5, 0.6) is 0 Å². The van der Waals surface area contributed by atoms with Gasteiger partial charge in [0.05, 0.1) is 6.26 Å². The Balaban J connectivity index is 1.58. The third kappa shape index (κ3) is 4.64. The largest absolute Gasteiger partial charge is 0.459 e. The van der Waals surface area contributed by atoms with Crippen LogP contribution in [0.2, 0.25) is 0 Å². The zero-order valence-corrected chi connectivity index (χ0v) is 15.4. The zero-order valence-electron chi connectivity index (χ0n) is 15.4. The average Bonchev–Trinajstić information content (AvgIpc) is 3.22. The van der Waals surface area contributed by atoms with Crippen LogP contribution >= 0.6 is 0 Å². The van der Waals surface area contributed by atoms with Gasteiger partial charge in [-0.3, -0.25) is 9.59 Å². The Hall–Kier alpha value is -3.34. The standard InChI is InChI=1S/C22H22N2O3/c1-22(2,17-7-4-3-5-8-17)15-23-20(25)16-10-12-18(13-11-16)24-21(26)19-9-6-14-27-19/h3-14H,15H2,1-2H3,(H,23,25)(H,24,26). The summed E-state index contributed by atoms with van der Waals surface area (Å²) in [6, 6.07) is 20.1. The third-order valence-electron chi connectivity index (χ3n) is 4.40. The number of hydrogen-bond acceptors (Lipinski definition) is 3. The van der Waals surface area contributed by atoms with Crippen LogP contribution in [-0.2, 0) is 5.41 Å². The van der Waals surface area contributed by atoms with Crippen molar-refractivity contribution in [3.05, 3.63) is 89.9 Å². The van der Waals surface area contributed by atoms with Gasteiger partial charge in [0.25, 0.3) is 11.8 Å². The summed E-state index contributed by atoms with van der Waals surface area (Å²) in [4.78, 5) is 24.4. The number of benzene rings is 2. The van der Waals surface area contributed by atoms with Gasteiger partial charge in [-0.15, -0.1) is 0 Å². The maximum Gasteiger partial charge on any atom is 0.291 e. The molecule has 27 heavy (non-hydrogen) atoms. The summed E-state index contributed by atoms with van der Waals surface area (Å²) in [7, 11) is 0. The fourth-order valence-corrected chi connectivity index (χ4v) is 2.70. The third-order valence-corrected chi connectivity index (χ3v) is 4.40. The molecule has 138 valence electrons. The first-order valence-electron chi connectivity index (χ1n) is 8.74. The predicted octanol–water partition coefficient (Wildman–Crippen LogP) is 4.24. The Kier molecular flexibility index (Phi) is 5.41. The molecule has 0 saturated heterocycles. The van der Waals surface area contributed by atoms with Crippen molar-refractivity contribution in [3.63, 3.8) is 0 Å². The number of furan rings is 1. The molecule has 0 radical (unpaired) electrons. The fourth-order valence-electron chi connectivity index (χ4n) is 2.70. The number of nitrogens with one attached hydrogen (secondary N) is 2. The lowest BCUT2D eigenvalue weighted by atomic mass is 9.84. The molecule has 2 amide bonds. The maximum atomic E-state index is 12.4. The SMILES string of the molecule is CC(C)(CNC(=O)c1ccc(NC(=O)c2ccco2)cc1)c1ccccc1. The predicted molar refractivity (Wildman–Crippen MR) is 105 cm³/mol. The molecule has 0 aliphatic rings. The Labute approximate surface area is 158 Å². The Morgan fingerprint density at radius 3 is 2.22 bits per heavy atom. The van der Waals surface area contributed by atoms with E-state index in [1.54, 1.807) is 36.4 Å². The number of carbonyl (C=O) groups excluding carboxylic acids is 2. The van der Waals surface area contributed by atoms with Crippen molar-refractivity contribution in [1.29, 1.82) is 0 Å². The van der Waals surface area contributed by atoms with Gasteiger partial charge in [0.2, 0.25) is 0 Å². The van der Waals surface area contributed by atoms with Crippen molar-refractivity contribution < 1.29 is 14.0 Å². The highest BCUT2D eigenvalue weighted by atomic mass is 16.3. The molecule has 2 aromatic carbocycles. The first kappa shape index (κ1) is 18.5. The van der Waals surface area contributed by atoms with Crippen LogP contribution in [0.25, 0.3) is 0 Å². The lowest BCUT2D eigenvalue weighted by molar-refractivity contribution is 0.0945. The van der Waals surface area contributed by atoms with Crippen LogP contribution in [0.1, 0.15) is 40.3 Å². The smallest absolute Gasteiger partial charge is 0.291 e. The zero-order chi connectivity index (χ0) is 19.3. The van der Waals surface area contributed by atoms with E-state index >= 15 is 0 Å². The summed E-state index contributed by atoms with van der Waals surface area (Å²) in [6.45, 7) is 4.71. The van der Waals surface area contributed by atoms with E-state index in [1.165, 1.54) is 11.8 Å². The molecule has 3 rings (SSSR count). The molecule has 0 spiro atoms. The summed E-state index contributed by atoms with van der Waals surface area (Å²) in [5.41, 5.74) is 2.13. The second-order valence-corrected chi connectivity index (χ2v) is 6.94. The molecule has 0 aliphatic heterocycles. The number of carbonyl (C=O) groups is 2. The molecule has 2 N–H and O–H groups in total. The minimum absolute atomic E-state index is 0.150. The highest BCUT2D eigenvalue weighted by Crippen LogP contribution is 2.22. The van der Waals surface area contributed by atoms with E-state index in [2.05, 4.69) is 36.6 Å². The van der Waals surface area contributed by atoms with Crippen molar-refractivity contribution in [2.45, 2.75) is 19.3 Å². The molecule has 3 aromatic rings. The van der Waals surface area contributed by atoms with Crippen LogP contribution in [-0.4, -0.2) is 18.4 Å². The van der Waals surface area contributed by atoms with Crippen molar-refractivity contribution in [2.24, 2.45) is 0 Å². The minimum atomic E-state index is -0.332. The lowest BCUT2D eigenvalue weighted by Crippen LogP contribution is -2.36. The first-order chi connectivity index (χ1) is 13.0. The van der Waals surface area contributed by atoms with E-state index in [1.807, 2.05) is 18.2 Å². The first-order valence-corrected chi connectivity index (χ1v) is 8.74. The van der Waals surface area contributed by atoms with E-state index in [9.17, 15) is 9.59 Å². The van der Waals surface area contributed by atoms with Crippen LogP contribution in [0, 0.1) is 0 Å². The van der Waals surface area contributed by atoms with E-state index < -0.39 is 0 Å². The number of anilines is 1. The van der Waals surface area contributed by atoms with E-state index in [0.717, 1.165) is 0 Å². The molecule has 1 aromatic heterocycles. The van der Waals surface area contributed by atoms with Gasteiger partial charge in [-0.1, -0.05) is 44.2 Å². The second-order valence-electron chi connectivity index (χ2n) is 6.94. The van der Waals surface area contributed by atoms with Crippen LogP contribution in [0.4, 0.5) is 5.69 Å². The molecule has 1 heterocycles. The van der Waals surface area contributed by atoms with Gasteiger partial charge in [0, 0.05) is 23.2 Å². The molecule has 0 bridgehead atoms. The van der Waals surface area contributed by atoms with Crippen molar-refractivity contribution in [1.82, 2.24) is 5.32 Å². The van der Waals surface area contributed by atoms with Crippen LogP contribution in [0.3, 0.4) is 0 Å². The Bertz CT molecular complexity index is 899. The highest BCUT2D eigenvalue weighted by molar-refractivity contribution is 6.02. The molecule has 5 heteroatoms.